The standard InChI is InChI=1S/C14H25N3O/c1-4-14(2,17-8-5-6-9-17)12(18)11-13-15-7-10-16(13)3/h7,10,12,18H,4-6,8-9,11H2,1-3H3. The van der Waals surface area contributed by atoms with Crippen molar-refractivity contribution in [1.82, 2.24) is 14.5 Å². The Morgan fingerprint density at radius 3 is 2.61 bits per heavy atom. The molecule has 1 aromatic rings. The van der Waals surface area contributed by atoms with Gasteiger partial charge in [-0.15, -0.1) is 0 Å². The van der Waals surface area contributed by atoms with Gasteiger partial charge in [-0.25, -0.2) is 4.98 Å². The second kappa shape index (κ2) is 5.41. The molecule has 18 heavy (non-hydrogen) atoms. The Hall–Kier alpha value is -0.870. The van der Waals surface area contributed by atoms with Gasteiger partial charge in [-0.3, -0.25) is 4.90 Å². The quantitative estimate of drug-likeness (QED) is 0.864. The zero-order valence-corrected chi connectivity index (χ0v) is 11.8. The lowest BCUT2D eigenvalue weighted by Gasteiger charge is -2.42. The van der Waals surface area contributed by atoms with Gasteiger partial charge in [0.05, 0.1) is 6.10 Å². The molecular formula is C14H25N3O. The highest BCUT2D eigenvalue weighted by Gasteiger charge is 2.38. The maximum atomic E-state index is 10.6. The van der Waals surface area contributed by atoms with E-state index < -0.39 is 0 Å². The molecule has 0 saturated carbocycles. The molecule has 4 nitrogen and oxygen atoms in total. The van der Waals surface area contributed by atoms with Crippen LogP contribution in [0.4, 0.5) is 0 Å². The lowest BCUT2D eigenvalue weighted by atomic mass is 9.87. The third-order valence-electron chi connectivity index (χ3n) is 4.56. The van der Waals surface area contributed by atoms with Gasteiger partial charge in [0.1, 0.15) is 5.82 Å². The zero-order valence-electron chi connectivity index (χ0n) is 11.8. The van der Waals surface area contributed by atoms with Crippen molar-refractivity contribution in [3.05, 3.63) is 18.2 Å². The smallest absolute Gasteiger partial charge is 0.111 e. The molecule has 102 valence electrons. The summed E-state index contributed by atoms with van der Waals surface area (Å²) in [4.78, 5) is 6.76. The molecule has 1 aromatic heterocycles. The lowest BCUT2D eigenvalue weighted by Crippen LogP contribution is -2.54. The van der Waals surface area contributed by atoms with Gasteiger partial charge in [-0.1, -0.05) is 6.92 Å². The van der Waals surface area contributed by atoms with Gasteiger partial charge < -0.3 is 9.67 Å². The van der Waals surface area contributed by atoms with Gasteiger partial charge in [0.15, 0.2) is 0 Å². The van der Waals surface area contributed by atoms with E-state index in [1.165, 1.54) is 12.8 Å². The zero-order chi connectivity index (χ0) is 13.2. The number of rotatable bonds is 5. The van der Waals surface area contributed by atoms with Gasteiger partial charge in [0.2, 0.25) is 0 Å². The maximum absolute atomic E-state index is 10.6. The van der Waals surface area contributed by atoms with E-state index in [2.05, 4.69) is 23.7 Å². The molecule has 0 radical (unpaired) electrons. The van der Waals surface area contributed by atoms with Crippen LogP contribution in [0.3, 0.4) is 0 Å². The van der Waals surface area contributed by atoms with Crippen LogP contribution >= 0.6 is 0 Å². The number of nitrogens with zero attached hydrogens (tertiary/aromatic N) is 3. The van der Waals surface area contributed by atoms with Crippen LogP contribution in [-0.4, -0.2) is 44.3 Å². The van der Waals surface area contributed by atoms with Crippen molar-refractivity contribution in [2.45, 2.75) is 51.2 Å². The van der Waals surface area contributed by atoms with Crippen LogP contribution < -0.4 is 0 Å². The van der Waals surface area contributed by atoms with Crippen LogP contribution in [0.2, 0.25) is 0 Å². The predicted octanol–water partition coefficient (Wildman–Crippen LogP) is 1.59. The third-order valence-corrected chi connectivity index (χ3v) is 4.56. The summed E-state index contributed by atoms with van der Waals surface area (Å²) in [7, 11) is 1.98. The fourth-order valence-corrected chi connectivity index (χ4v) is 2.88. The van der Waals surface area contributed by atoms with E-state index >= 15 is 0 Å². The number of aliphatic hydroxyl groups is 1. The van der Waals surface area contributed by atoms with E-state index in [0.29, 0.717) is 6.42 Å². The Morgan fingerprint density at radius 2 is 2.11 bits per heavy atom. The SMILES string of the molecule is CCC(C)(C(O)Cc1nccn1C)N1CCCC1. The monoisotopic (exact) mass is 251 g/mol. The van der Waals surface area contributed by atoms with Crippen molar-refractivity contribution in [1.29, 1.82) is 0 Å². The first-order valence-corrected chi connectivity index (χ1v) is 6.97. The van der Waals surface area contributed by atoms with Crippen LogP contribution in [0.25, 0.3) is 0 Å². The highest BCUT2D eigenvalue weighted by Crippen LogP contribution is 2.29. The molecule has 1 aliphatic heterocycles. The molecular weight excluding hydrogens is 226 g/mol. The first kappa shape index (κ1) is 13.6. The van der Waals surface area contributed by atoms with E-state index in [1.807, 2.05) is 17.8 Å². The van der Waals surface area contributed by atoms with Crippen molar-refractivity contribution in [2.24, 2.45) is 7.05 Å². The molecule has 4 heteroatoms. The average molecular weight is 251 g/mol. The highest BCUT2D eigenvalue weighted by molar-refractivity contribution is 5.01. The van der Waals surface area contributed by atoms with Crippen LogP contribution in [0.5, 0.6) is 0 Å². The number of imidazole rings is 1. The second-order valence-corrected chi connectivity index (χ2v) is 5.58. The summed E-state index contributed by atoms with van der Waals surface area (Å²) in [6.07, 6.45) is 7.47. The molecule has 0 aromatic carbocycles. The van der Waals surface area contributed by atoms with Gasteiger partial charge in [-0.2, -0.15) is 0 Å². The topological polar surface area (TPSA) is 41.3 Å². The fourth-order valence-electron chi connectivity index (χ4n) is 2.88. The Morgan fingerprint density at radius 1 is 1.44 bits per heavy atom. The Balaban J connectivity index is 2.09. The summed E-state index contributed by atoms with van der Waals surface area (Å²) in [6.45, 7) is 6.58. The molecule has 0 amide bonds. The molecule has 1 fully saturated rings. The molecule has 0 bridgehead atoms. The van der Waals surface area contributed by atoms with Crippen molar-refractivity contribution in [2.75, 3.05) is 13.1 Å². The number of aliphatic hydroxyl groups excluding tert-OH is 1. The molecule has 1 saturated heterocycles. The van der Waals surface area contributed by atoms with Gasteiger partial charge in [0.25, 0.3) is 0 Å². The number of likely N-dealkylation sites (tertiary alicyclic amines) is 1. The van der Waals surface area contributed by atoms with Crippen molar-refractivity contribution < 1.29 is 5.11 Å². The third kappa shape index (κ3) is 2.45. The minimum absolute atomic E-state index is 0.123. The summed E-state index contributed by atoms with van der Waals surface area (Å²) in [5.74, 6) is 0.960. The normalized spacial score (nSPS) is 22.0. The summed E-state index contributed by atoms with van der Waals surface area (Å²) < 4.78 is 1.99. The van der Waals surface area contributed by atoms with Crippen molar-refractivity contribution in [3.63, 3.8) is 0 Å². The number of aromatic nitrogens is 2. The first-order chi connectivity index (χ1) is 8.58. The minimum Gasteiger partial charge on any atom is -0.391 e. The summed E-state index contributed by atoms with van der Waals surface area (Å²) in [5, 5.41) is 10.6. The van der Waals surface area contributed by atoms with Gasteiger partial charge in [0, 0.05) is 31.4 Å². The van der Waals surface area contributed by atoms with E-state index in [4.69, 9.17) is 0 Å². The summed E-state index contributed by atoms with van der Waals surface area (Å²) in [6, 6.07) is 0. The Bertz CT molecular complexity index is 384. The molecule has 2 rings (SSSR count). The number of hydrogen-bond acceptors (Lipinski definition) is 3. The lowest BCUT2D eigenvalue weighted by molar-refractivity contribution is -0.0130. The number of hydrogen-bond donors (Lipinski definition) is 1. The molecule has 2 heterocycles. The van der Waals surface area contributed by atoms with Gasteiger partial charge >= 0.3 is 0 Å². The van der Waals surface area contributed by atoms with Crippen molar-refractivity contribution >= 4 is 0 Å². The van der Waals surface area contributed by atoms with Crippen molar-refractivity contribution in [3.8, 4) is 0 Å². The summed E-state index contributed by atoms with van der Waals surface area (Å²) >= 11 is 0. The van der Waals surface area contributed by atoms with Crippen LogP contribution in [0, 0.1) is 0 Å². The first-order valence-electron chi connectivity index (χ1n) is 6.97. The Labute approximate surface area is 110 Å². The van der Waals surface area contributed by atoms with Crippen LogP contribution in [0.15, 0.2) is 12.4 Å². The second-order valence-electron chi connectivity index (χ2n) is 5.58. The molecule has 0 aliphatic carbocycles. The molecule has 1 N–H and O–H groups in total. The maximum Gasteiger partial charge on any atom is 0.111 e. The molecule has 2 unspecified atom stereocenters. The Kier molecular flexibility index (Phi) is 4.07. The van der Waals surface area contributed by atoms with Gasteiger partial charge in [-0.05, 0) is 39.3 Å². The van der Waals surface area contributed by atoms with Crippen LogP contribution in [0.1, 0.15) is 38.9 Å². The largest absolute Gasteiger partial charge is 0.391 e. The van der Waals surface area contributed by atoms with E-state index in [-0.39, 0.29) is 11.6 Å². The molecule has 0 spiro atoms. The van der Waals surface area contributed by atoms with E-state index in [0.717, 1.165) is 25.3 Å². The highest BCUT2D eigenvalue weighted by atomic mass is 16.3. The minimum atomic E-state index is -0.360. The molecule has 1 aliphatic rings. The van der Waals surface area contributed by atoms with E-state index in [1.54, 1.807) is 6.20 Å². The summed E-state index contributed by atoms with van der Waals surface area (Å²) in [5.41, 5.74) is -0.123. The average Bonchev–Trinajstić information content (AvgIpc) is 3.01. The molecule has 2 atom stereocenters. The predicted molar refractivity (Wildman–Crippen MR) is 72.4 cm³/mol. The number of aryl methyl sites for hydroxylation is 1. The van der Waals surface area contributed by atoms with E-state index in [9.17, 15) is 5.11 Å². The van der Waals surface area contributed by atoms with Crippen LogP contribution in [-0.2, 0) is 13.5 Å². The fraction of sp³-hybridized carbons (Fsp3) is 0.786.